The molecule has 0 atom stereocenters. The Morgan fingerprint density at radius 3 is 2.24 bits per heavy atom. The summed E-state index contributed by atoms with van der Waals surface area (Å²) < 4.78 is 18.4. The van der Waals surface area contributed by atoms with E-state index in [4.69, 9.17) is 19.2 Å². The van der Waals surface area contributed by atoms with Gasteiger partial charge in [-0.2, -0.15) is 0 Å². The summed E-state index contributed by atoms with van der Waals surface area (Å²) in [5, 5.41) is 3.00. The van der Waals surface area contributed by atoms with Crippen molar-refractivity contribution in [3.8, 4) is 17.2 Å². The number of amides is 1. The van der Waals surface area contributed by atoms with E-state index in [-0.39, 0.29) is 5.91 Å². The van der Waals surface area contributed by atoms with Gasteiger partial charge in [-0.25, -0.2) is 4.98 Å². The van der Waals surface area contributed by atoms with Crippen LogP contribution in [0.2, 0.25) is 0 Å². The summed E-state index contributed by atoms with van der Waals surface area (Å²) in [5.41, 5.74) is 4.03. The number of aryl methyl sites for hydroxylation is 3. The monoisotopic (exact) mass is 501 g/mol. The average molecular weight is 502 g/mol. The number of methoxy groups -OCH3 is 3. The third-order valence-corrected chi connectivity index (χ3v) is 6.49. The summed E-state index contributed by atoms with van der Waals surface area (Å²) in [4.78, 5) is 17.6. The SMILES string of the molecule is COc1cc(C(=O)NCCCCCc2nc3ccccc3n2CCc2ccccc2)cc(OC)c1OC. The number of rotatable bonds is 13. The molecule has 4 aromatic rings. The van der Waals surface area contributed by atoms with Crippen LogP contribution in [-0.2, 0) is 19.4 Å². The van der Waals surface area contributed by atoms with E-state index in [1.807, 2.05) is 6.07 Å². The second kappa shape index (κ2) is 12.8. The summed E-state index contributed by atoms with van der Waals surface area (Å²) >= 11 is 0. The van der Waals surface area contributed by atoms with E-state index in [1.165, 1.54) is 25.3 Å². The Balaban J connectivity index is 1.29. The molecule has 1 N–H and O–H groups in total. The molecule has 0 radical (unpaired) electrons. The highest BCUT2D eigenvalue weighted by Gasteiger charge is 2.17. The number of fused-ring (bicyclic) bond motifs is 1. The zero-order chi connectivity index (χ0) is 26.0. The quantitative estimate of drug-likeness (QED) is 0.247. The van der Waals surface area contributed by atoms with Gasteiger partial charge in [-0.1, -0.05) is 48.9 Å². The van der Waals surface area contributed by atoms with E-state index < -0.39 is 0 Å². The fraction of sp³-hybridized carbons (Fsp3) is 0.333. The molecule has 0 saturated heterocycles. The summed E-state index contributed by atoms with van der Waals surface area (Å²) in [6.07, 6.45) is 4.78. The molecule has 7 heteroatoms. The number of unbranched alkanes of at least 4 members (excludes halogenated alkanes) is 2. The lowest BCUT2D eigenvalue weighted by atomic mass is 10.1. The minimum Gasteiger partial charge on any atom is -0.493 e. The number of ether oxygens (including phenoxy) is 3. The molecule has 0 aliphatic carbocycles. The van der Waals surface area contributed by atoms with Crippen molar-refractivity contribution in [1.29, 1.82) is 0 Å². The first-order chi connectivity index (χ1) is 18.1. The Morgan fingerprint density at radius 2 is 1.54 bits per heavy atom. The van der Waals surface area contributed by atoms with Crippen LogP contribution in [0.15, 0.2) is 66.7 Å². The van der Waals surface area contributed by atoms with Crippen LogP contribution in [0.3, 0.4) is 0 Å². The minimum atomic E-state index is -0.165. The number of hydrogen-bond donors (Lipinski definition) is 1. The molecule has 194 valence electrons. The molecule has 0 saturated carbocycles. The number of carbonyl (C=O) groups excluding carboxylic acids is 1. The van der Waals surface area contributed by atoms with Gasteiger partial charge >= 0.3 is 0 Å². The van der Waals surface area contributed by atoms with Crippen LogP contribution in [0.4, 0.5) is 0 Å². The minimum absolute atomic E-state index is 0.165. The number of nitrogens with one attached hydrogen (secondary N) is 1. The van der Waals surface area contributed by atoms with E-state index in [2.05, 4.69) is 58.4 Å². The van der Waals surface area contributed by atoms with Gasteiger partial charge in [-0.05, 0) is 49.1 Å². The third kappa shape index (κ3) is 6.42. The normalized spacial score (nSPS) is 10.9. The van der Waals surface area contributed by atoms with Crippen molar-refractivity contribution in [3.05, 3.63) is 83.7 Å². The Hall–Kier alpha value is -4.00. The van der Waals surface area contributed by atoms with Gasteiger partial charge in [0.2, 0.25) is 5.75 Å². The molecule has 1 heterocycles. The summed E-state index contributed by atoms with van der Waals surface area (Å²) in [5.74, 6) is 2.35. The predicted octanol–water partition coefficient (Wildman–Crippen LogP) is 5.45. The standard InChI is InChI=1S/C30H35N3O4/c1-35-26-20-23(21-27(36-2)29(26)37-3)30(34)31-18-11-5-8-16-28-32-24-14-9-10-15-25(24)33(28)19-17-22-12-6-4-7-13-22/h4,6-7,9-10,12-15,20-21H,5,8,11,16-19H2,1-3H3,(H,31,34). The Bertz CT molecular complexity index is 1290. The number of imidazole rings is 1. The topological polar surface area (TPSA) is 74.6 Å². The molecular formula is C30H35N3O4. The third-order valence-electron chi connectivity index (χ3n) is 6.49. The van der Waals surface area contributed by atoms with Crippen LogP contribution < -0.4 is 19.5 Å². The van der Waals surface area contributed by atoms with Crippen molar-refractivity contribution in [2.45, 2.75) is 38.6 Å². The van der Waals surface area contributed by atoms with Crippen molar-refractivity contribution < 1.29 is 19.0 Å². The second-order valence-corrected chi connectivity index (χ2v) is 8.88. The van der Waals surface area contributed by atoms with E-state index in [1.54, 1.807) is 19.2 Å². The van der Waals surface area contributed by atoms with E-state index in [9.17, 15) is 4.79 Å². The number of carbonyl (C=O) groups is 1. The molecule has 0 bridgehead atoms. The molecule has 0 aliphatic rings. The maximum atomic E-state index is 12.7. The van der Waals surface area contributed by atoms with Crippen LogP contribution in [0.5, 0.6) is 17.2 Å². The van der Waals surface area contributed by atoms with Crippen LogP contribution in [0.1, 0.15) is 41.0 Å². The van der Waals surface area contributed by atoms with Gasteiger partial charge in [0.15, 0.2) is 11.5 Å². The van der Waals surface area contributed by atoms with Gasteiger partial charge in [0.05, 0.1) is 32.4 Å². The fourth-order valence-electron chi connectivity index (χ4n) is 4.55. The summed E-state index contributed by atoms with van der Waals surface area (Å²) in [7, 11) is 4.61. The number of nitrogens with zero attached hydrogens (tertiary/aromatic N) is 2. The van der Waals surface area contributed by atoms with E-state index in [0.717, 1.165) is 50.0 Å². The lowest BCUT2D eigenvalue weighted by Crippen LogP contribution is -2.24. The highest BCUT2D eigenvalue weighted by molar-refractivity contribution is 5.95. The zero-order valence-electron chi connectivity index (χ0n) is 21.8. The lowest BCUT2D eigenvalue weighted by Gasteiger charge is -2.14. The first-order valence-corrected chi connectivity index (χ1v) is 12.7. The largest absolute Gasteiger partial charge is 0.493 e. The van der Waals surface area contributed by atoms with Crippen LogP contribution in [0.25, 0.3) is 11.0 Å². The molecule has 0 spiro atoms. The number of hydrogen-bond acceptors (Lipinski definition) is 5. The van der Waals surface area contributed by atoms with Crippen molar-refractivity contribution >= 4 is 16.9 Å². The molecular weight excluding hydrogens is 466 g/mol. The maximum Gasteiger partial charge on any atom is 0.251 e. The predicted molar refractivity (Wildman–Crippen MR) is 146 cm³/mol. The molecule has 1 amide bonds. The van der Waals surface area contributed by atoms with Gasteiger partial charge in [-0.3, -0.25) is 4.79 Å². The van der Waals surface area contributed by atoms with E-state index in [0.29, 0.717) is 29.4 Å². The zero-order valence-corrected chi connectivity index (χ0v) is 21.8. The highest BCUT2D eigenvalue weighted by atomic mass is 16.5. The van der Waals surface area contributed by atoms with Crippen molar-refractivity contribution in [1.82, 2.24) is 14.9 Å². The Morgan fingerprint density at radius 1 is 0.838 bits per heavy atom. The average Bonchev–Trinajstić information content (AvgIpc) is 3.30. The number of para-hydroxylation sites is 2. The maximum absolute atomic E-state index is 12.7. The van der Waals surface area contributed by atoms with Crippen LogP contribution >= 0.6 is 0 Å². The van der Waals surface area contributed by atoms with Crippen molar-refractivity contribution in [3.63, 3.8) is 0 Å². The Kier molecular flexibility index (Phi) is 9.03. The molecule has 0 aliphatic heterocycles. The molecule has 1 aromatic heterocycles. The van der Waals surface area contributed by atoms with Crippen molar-refractivity contribution in [2.75, 3.05) is 27.9 Å². The smallest absolute Gasteiger partial charge is 0.251 e. The van der Waals surface area contributed by atoms with Gasteiger partial charge in [0.1, 0.15) is 5.82 Å². The number of benzene rings is 3. The molecule has 3 aromatic carbocycles. The van der Waals surface area contributed by atoms with Crippen LogP contribution in [-0.4, -0.2) is 43.3 Å². The first kappa shape index (κ1) is 26.1. The second-order valence-electron chi connectivity index (χ2n) is 8.88. The van der Waals surface area contributed by atoms with Gasteiger partial charge < -0.3 is 24.1 Å². The summed E-state index contributed by atoms with van der Waals surface area (Å²) in [6.45, 7) is 1.50. The fourth-order valence-corrected chi connectivity index (χ4v) is 4.55. The Labute approximate surface area is 218 Å². The van der Waals surface area contributed by atoms with Crippen molar-refractivity contribution in [2.24, 2.45) is 0 Å². The first-order valence-electron chi connectivity index (χ1n) is 12.7. The highest BCUT2D eigenvalue weighted by Crippen LogP contribution is 2.38. The molecule has 7 nitrogen and oxygen atoms in total. The molecule has 37 heavy (non-hydrogen) atoms. The molecule has 0 fully saturated rings. The summed E-state index contributed by atoms with van der Waals surface area (Å²) in [6, 6.07) is 22.2. The van der Waals surface area contributed by atoms with Gasteiger partial charge in [0.25, 0.3) is 5.91 Å². The van der Waals surface area contributed by atoms with E-state index >= 15 is 0 Å². The van der Waals surface area contributed by atoms with Crippen LogP contribution in [0, 0.1) is 0 Å². The molecule has 0 unspecified atom stereocenters. The lowest BCUT2D eigenvalue weighted by molar-refractivity contribution is 0.0952. The number of aromatic nitrogens is 2. The molecule has 4 rings (SSSR count). The van der Waals surface area contributed by atoms with Gasteiger partial charge in [-0.15, -0.1) is 0 Å². The van der Waals surface area contributed by atoms with Gasteiger partial charge in [0, 0.05) is 25.1 Å².